The van der Waals surface area contributed by atoms with Gasteiger partial charge in [0.15, 0.2) is 0 Å². The van der Waals surface area contributed by atoms with E-state index in [1.165, 1.54) is 17.0 Å². The van der Waals surface area contributed by atoms with Gasteiger partial charge in [0.05, 0.1) is 30.5 Å². The number of amides is 1. The average Bonchev–Trinajstić information content (AvgIpc) is 3.14. The molecule has 0 aliphatic rings. The lowest BCUT2D eigenvalue weighted by Gasteiger charge is -2.09. The molecule has 2 aromatic heterocycles. The van der Waals surface area contributed by atoms with Crippen LogP contribution in [0.1, 0.15) is 52.8 Å². The Hall–Kier alpha value is -3.53. The maximum absolute atomic E-state index is 13.0. The van der Waals surface area contributed by atoms with Crippen molar-refractivity contribution in [1.82, 2.24) is 9.55 Å². The van der Waals surface area contributed by atoms with Gasteiger partial charge in [-0.2, -0.15) is 0 Å². The Kier molecular flexibility index (Phi) is 8.17. The summed E-state index contributed by atoms with van der Waals surface area (Å²) in [6.45, 7) is 7.75. The highest BCUT2D eigenvalue weighted by molar-refractivity contribution is 7.20. The number of carbonyl (C=O) groups is 3. The quantitative estimate of drug-likeness (QED) is 0.458. The van der Waals surface area contributed by atoms with Gasteiger partial charge in [0.1, 0.15) is 16.3 Å². The van der Waals surface area contributed by atoms with Crippen LogP contribution < -0.4 is 10.9 Å². The number of nitrogens with one attached hydrogen (secondary N) is 1. The second-order valence-electron chi connectivity index (χ2n) is 8.17. The summed E-state index contributed by atoms with van der Waals surface area (Å²) < 4.78 is 11.6. The van der Waals surface area contributed by atoms with Crippen molar-refractivity contribution in [2.45, 2.75) is 40.7 Å². The fourth-order valence-electron chi connectivity index (χ4n) is 3.13. The largest absolute Gasteiger partial charge is 0.462 e. The molecule has 1 N–H and O–H groups in total. The van der Waals surface area contributed by atoms with Gasteiger partial charge in [0.25, 0.3) is 5.56 Å². The van der Waals surface area contributed by atoms with Crippen LogP contribution in [0.2, 0.25) is 0 Å². The molecule has 3 aromatic rings. The van der Waals surface area contributed by atoms with Gasteiger partial charge in [-0.15, -0.1) is 11.3 Å². The van der Waals surface area contributed by atoms with Gasteiger partial charge in [-0.25, -0.2) is 14.6 Å². The molecule has 10 heteroatoms. The number of aromatic nitrogens is 2. The third-order valence-electron chi connectivity index (χ3n) is 4.78. The van der Waals surface area contributed by atoms with Crippen molar-refractivity contribution in [2.24, 2.45) is 5.92 Å². The third kappa shape index (κ3) is 5.88. The van der Waals surface area contributed by atoms with E-state index in [1.54, 1.807) is 25.1 Å². The van der Waals surface area contributed by atoms with E-state index < -0.39 is 23.4 Å². The molecule has 0 atom stereocenters. The molecule has 34 heavy (non-hydrogen) atoms. The van der Waals surface area contributed by atoms with Crippen molar-refractivity contribution in [3.05, 3.63) is 57.0 Å². The second kappa shape index (κ2) is 11.1. The van der Waals surface area contributed by atoms with Crippen molar-refractivity contribution in [2.75, 3.05) is 18.5 Å². The fraction of sp³-hybridized carbons (Fsp3) is 0.375. The number of rotatable bonds is 9. The zero-order chi connectivity index (χ0) is 24.8. The van der Waals surface area contributed by atoms with Gasteiger partial charge in [-0.1, -0.05) is 26.8 Å². The summed E-state index contributed by atoms with van der Waals surface area (Å²) in [4.78, 5) is 55.0. The summed E-state index contributed by atoms with van der Waals surface area (Å²) in [6.07, 6.45) is 1.99. The first kappa shape index (κ1) is 25.1. The van der Waals surface area contributed by atoms with Crippen LogP contribution in [0.25, 0.3) is 10.2 Å². The molecule has 3 rings (SSSR count). The number of fused-ring (bicyclic) bond motifs is 1. The molecule has 1 amide bonds. The number of nitrogens with zero attached hydrogens (tertiary/aromatic N) is 2. The van der Waals surface area contributed by atoms with E-state index in [1.807, 2.05) is 20.8 Å². The van der Waals surface area contributed by atoms with E-state index in [9.17, 15) is 19.2 Å². The van der Waals surface area contributed by atoms with Gasteiger partial charge in [0, 0.05) is 5.69 Å². The van der Waals surface area contributed by atoms with Crippen LogP contribution in [0.15, 0.2) is 35.4 Å². The van der Waals surface area contributed by atoms with Gasteiger partial charge >= 0.3 is 11.9 Å². The summed E-state index contributed by atoms with van der Waals surface area (Å²) in [5, 5.41) is 2.97. The summed E-state index contributed by atoms with van der Waals surface area (Å²) in [7, 11) is 0. The molecule has 1 aromatic carbocycles. The summed E-state index contributed by atoms with van der Waals surface area (Å²) in [6, 6.07) is 6.38. The first-order chi connectivity index (χ1) is 16.2. The number of anilines is 1. The number of carbonyl (C=O) groups excluding carboxylic acids is 3. The minimum atomic E-state index is -0.491. The van der Waals surface area contributed by atoms with Crippen LogP contribution in [0.3, 0.4) is 0 Å². The zero-order valence-corrected chi connectivity index (χ0v) is 20.4. The molecule has 0 unspecified atom stereocenters. The molecule has 0 bridgehead atoms. The van der Waals surface area contributed by atoms with Gasteiger partial charge < -0.3 is 14.8 Å². The Labute approximate surface area is 200 Å². The van der Waals surface area contributed by atoms with Gasteiger partial charge in [-0.3, -0.25) is 14.2 Å². The lowest BCUT2D eigenvalue weighted by molar-refractivity contribution is -0.116. The highest BCUT2D eigenvalue weighted by Crippen LogP contribution is 2.27. The number of thiophene rings is 1. The normalized spacial score (nSPS) is 11.0. The Balaban J connectivity index is 1.76. The Morgan fingerprint density at radius 1 is 1.18 bits per heavy atom. The molecule has 2 heterocycles. The number of aryl methyl sites for hydroxylation is 1. The molecule has 0 saturated heterocycles. The van der Waals surface area contributed by atoms with Gasteiger partial charge in [-0.05, 0) is 43.0 Å². The van der Waals surface area contributed by atoms with E-state index >= 15 is 0 Å². The Bertz CT molecular complexity index is 1280. The van der Waals surface area contributed by atoms with E-state index in [4.69, 9.17) is 9.47 Å². The molecular formula is C24H27N3O6S. The predicted octanol–water partition coefficient (Wildman–Crippen LogP) is 3.78. The molecule has 0 aliphatic carbocycles. The monoisotopic (exact) mass is 485 g/mol. The average molecular weight is 486 g/mol. The SMILES string of the molecule is CCCOC(=O)c1cccc(NC(=O)Cn2cnc3sc(C(=O)OCC(C)C)c(C)c3c2=O)c1. The predicted molar refractivity (Wildman–Crippen MR) is 129 cm³/mol. The molecule has 0 radical (unpaired) electrons. The lowest BCUT2D eigenvalue weighted by atomic mass is 10.2. The van der Waals surface area contributed by atoms with Crippen molar-refractivity contribution >= 4 is 45.1 Å². The molecule has 0 saturated carbocycles. The Morgan fingerprint density at radius 3 is 2.65 bits per heavy atom. The number of hydrogen-bond donors (Lipinski definition) is 1. The smallest absolute Gasteiger partial charge is 0.348 e. The number of ether oxygens (including phenoxy) is 2. The maximum Gasteiger partial charge on any atom is 0.348 e. The van der Waals surface area contributed by atoms with Crippen molar-refractivity contribution in [3.63, 3.8) is 0 Å². The highest BCUT2D eigenvalue weighted by atomic mass is 32.1. The Morgan fingerprint density at radius 2 is 1.94 bits per heavy atom. The minimum Gasteiger partial charge on any atom is -0.462 e. The van der Waals surface area contributed by atoms with E-state index in [0.717, 1.165) is 11.3 Å². The number of hydrogen-bond acceptors (Lipinski definition) is 8. The minimum absolute atomic E-state index is 0.190. The van der Waals surface area contributed by atoms with Crippen LogP contribution in [0.4, 0.5) is 5.69 Å². The topological polar surface area (TPSA) is 117 Å². The highest BCUT2D eigenvalue weighted by Gasteiger charge is 2.21. The molecule has 0 aliphatic heterocycles. The molecule has 180 valence electrons. The standard InChI is InChI=1S/C24H27N3O6S/c1-5-9-32-23(30)16-7-6-8-17(10-16)26-18(28)11-27-13-25-21-19(22(27)29)15(4)20(34-21)24(31)33-12-14(2)3/h6-8,10,13-14H,5,9,11-12H2,1-4H3,(H,26,28). The van der Waals surface area contributed by atoms with Crippen LogP contribution in [0.5, 0.6) is 0 Å². The van der Waals surface area contributed by atoms with Gasteiger partial charge in [0.2, 0.25) is 5.91 Å². The second-order valence-corrected chi connectivity index (χ2v) is 9.17. The fourth-order valence-corrected chi connectivity index (χ4v) is 4.16. The van der Waals surface area contributed by atoms with E-state index in [0.29, 0.717) is 39.5 Å². The first-order valence-electron chi connectivity index (χ1n) is 10.9. The van der Waals surface area contributed by atoms with Crippen molar-refractivity contribution < 1.29 is 23.9 Å². The number of esters is 2. The molecule has 0 fully saturated rings. The zero-order valence-electron chi connectivity index (χ0n) is 19.5. The number of benzene rings is 1. The maximum atomic E-state index is 13.0. The van der Waals surface area contributed by atoms with Crippen LogP contribution in [-0.2, 0) is 20.8 Å². The summed E-state index contributed by atoms with van der Waals surface area (Å²) >= 11 is 1.09. The summed E-state index contributed by atoms with van der Waals surface area (Å²) in [5.41, 5.74) is 0.783. The third-order valence-corrected chi connectivity index (χ3v) is 5.96. The lowest BCUT2D eigenvalue weighted by Crippen LogP contribution is -2.28. The first-order valence-corrected chi connectivity index (χ1v) is 11.8. The van der Waals surface area contributed by atoms with Crippen LogP contribution >= 0.6 is 11.3 Å². The van der Waals surface area contributed by atoms with Crippen molar-refractivity contribution in [3.8, 4) is 0 Å². The van der Waals surface area contributed by atoms with Crippen molar-refractivity contribution in [1.29, 1.82) is 0 Å². The molecular weight excluding hydrogens is 458 g/mol. The summed E-state index contributed by atoms with van der Waals surface area (Å²) in [5.74, 6) is -1.24. The van der Waals surface area contributed by atoms with Crippen LogP contribution in [-0.4, -0.2) is 40.6 Å². The van der Waals surface area contributed by atoms with Crippen LogP contribution in [0, 0.1) is 12.8 Å². The van der Waals surface area contributed by atoms with E-state index in [2.05, 4.69) is 10.3 Å². The molecule has 0 spiro atoms. The molecule has 9 nitrogen and oxygen atoms in total. The van der Waals surface area contributed by atoms with E-state index in [-0.39, 0.29) is 24.5 Å².